The van der Waals surface area contributed by atoms with Gasteiger partial charge >= 0.3 is 0 Å². The number of hydrogen-bond acceptors (Lipinski definition) is 3. The lowest BCUT2D eigenvalue weighted by Crippen LogP contribution is -2.05. The number of ether oxygens (including phenoxy) is 1. The Balaban J connectivity index is 2.30. The lowest BCUT2D eigenvalue weighted by Gasteiger charge is -2.06. The van der Waals surface area contributed by atoms with Gasteiger partial charge in [-0.15, -0.1) is 0 Å². The summed E-state index contributed by atoms with van der Waals surface area (Å²) in [7, 11) is -2.01. The second kappa shape index (κ2) is 5.93. The Kier molecular flexibility index (Phi) is 4.45. The monoisotopic (exact) mass is 358 g/mol. The summed E-state index contributed by atoms with van der Waals surface area (Å²) in [5.41, 5.74) is 0.396. The maximum absolute atomic E-state index is 13.3. The summed E-state index contributed by atoms with van der Waals surface area (Å²) in [6.07, 6.45) is 0. The van der Waals surface area contributed by atoms with Gasteiger partial charge in [0.1, 0.15) is 11.6 Å². The maximum atomic E-state index is 13.3. The SMILES string of the molecule is COc1ccc(S(=O)(=O)Cc2cc(F)cc(Br)c2)cc1. The van der Waals surface area contributed by atoms with Crippen molar-refractivity contribution in [3.8, 4) is 5.75 Å². The van der Waals surface area contributed by atoms with E-state index < -0.39 is 15.7 Å². The van der Waals surface area contributed by atoms with Gasteiger partial charge in [-0.05, 0) is 48.0 Å². The Morgan fingerprint density at radius 1 is 1.15 bits per heavy atom. The van der Waals surface area contributed by atoms with E-state index in [4.69, 9.17) is 4.74 Å². The molecule has 2 aromatic rings. The van der Waals surface area contributed by atoms with Crippen molar-refractivity contribution in [2.45, 2.75) is 10.6 Å². The van der Waals surface area contributed by atoms with Crippen LogP contribution in [0.2, 0.25) is 0 Å². The zero-order valence-corrected chi connectivity index (χ0v) is 13.0. The molecule has 0 amide bonds. The fourth-order valence-corrected chi connectivity index (χ4v) is 3.62. The van der Waals surface area contributed by atoms with Crippen molar-refractivity contribution in [3.63, 3.8) is 0 Å². The van der Waals surface area contributed by atoms with Crippen LogP contribution in [-0.4, -0.2) is 15.5 Å². The largest absolute Gasteiger partial charge is 0.497 e. The average molecular weight is 359 g/mol. The lowest BCUT2D eigenvalue weighted by molar-refractivity contribution is 0.414. The predicted molar refractivity (Wildman–Crippen MR) is 78.0 cm³/mol. The average Bonchev–Trinajstić information content (AvgIpc) is 2.37. The second-order valence-corrected chi connectivity index (χ2v) is 7.12. The normalized spacial score (nSPS) is 11.3. The van der Waals surface area contributed by atoms with Gasteiger partial charge in [0.05, 0.1) is 17.8 Å². The molecule has 0 radical (unpaired) electrons. The van der Waals surface area contributed by atoms with Crippen LogP contribution in [0.4, 0.5) is 4.39 Å². The molecule has 0 aliphatic rings. The molecule has 20 heavy (non-hydrogen) atoms. The number of rotatable bonds is 4. The summed E-state index contributed by atoms with van der Waals surface area (Å²) in [6, 6.07) is 10.2. The molecule has 0 aromatic heterocycles. The third-order valence-electron chi connectivity index (χ3n) is 2.70. The van der Waals surface area contributed by atoms with Crippen molar-refractivity contribution in [1.82, 2.24) is 0 Å². The molecule has 0 unspecified atom stereocenters. The van der Waals surface area contributed by atoms with Gasteiger partial charge in [0.2, 0.25) is 0 Å². The Bertz CT molecular complexity index is 691. The van der Waals surface area contributed by atoms with Crippen molar-refractivity contribution < 1.29 is 17.5 Å². The van der Waals surface area contributed by atoms with E-state index in [0.29, 0.717) is 15.8 Å². The van der Waals surface area contributed by atoms with E-state index in [9.17, 15) is 12.8 Å². The fourth-order valence-electron chi connectivity index (χ4n) is 1.78. The molecule has 2 rings (SSSR count). The number of halogens is 2. The van der Waals surface area contributed by atoms with Crippen molar-refractivity contribution in [1.29, 1.82) is 0 Å². The van der Waals surface area contributed by atoms with Gasteiger partial charge in [0, 0.05) is 4.47 Å². The van der Waals surface area contributed by atoms with Gasteiger partial charge in [-0.2, -0.15) is 0 Å². The molecular weight excluding hydrogens is 347 g/mol. The van der Waals surface area contributed by atoms with E-state index in [1.54, 1.807) is 18.2 Å². The van der Waals surface area contributed by atoms with Crippen LogP contribution in [0.3, 0.4) is 0 Å². The smallest absolute Gasteiger partial charge is 0.182 e. The minimum atomic E-state index is -3.51. The van der Waals surface area contributed by atoms with Crippen LogP contribution in [0.15, 0.2) is 51.8 Å². The van der Waals surface area contributed by atoms with Crippen molar-refractivity contribution in [3.05, 3.63) is 58.3 Å². The molecular formula is C14H12BrFO3S. The Labute approximate surface area is 125 Å². The third-order valence-corrected chi connectivity index (χ3v) is 4.86. The van der Waals surface area contributed by atoms with E-state index in [-0.39, 0.29) is 10.6 Å². The Morgan fingerprint density at radius 2 is 1.80 bits per heavy atom. The van der Waals surface area contributed by atoms with E-state index in [1.165, 1.54) is 31.4 Å². The quantitative estimate of drug-likeness (QED) is 0.838. The van der Waals surface area contributed by atoms with Crippen molar-refractivity contribution in [2.24, 2.45) is 0 Å². The van der Waals surface area contributed by atoms with Crippen molar-refractivity contribution >= 4 is 25.8 Å². The van der Waals surface area contributed by atoms with Crippen LogP contribution >= 0.6 is 15.9 Å². The van der Waals surface area contributed by atoms with Gasteiger partial charge in [-0.25, -0.2) is 12.8 Å². The number of benzene rings is 2. The molecule has 0 atom stereocenters. The van der Waals surface area contributed by atoms with Crippen LogP contribution in [0.1, 0.15) is 5.56 Å². The van der Waals surface area contributed by atoms with Crippen LogP contribution in [-0.2, 0) is 15.6 Å². The molecule has 0 saturated heterocycles. The molecule has 0 spiro atoms. The number of sulfone groups is 1. The molecule has 0 fully saturated rings. The van der Waals surface area contributed by atoms with E-state index in [1.807, 2.05) is 0 Å². The maximum Gasteiger partial charge on any atom is 0.182 e. The van der Waals surface area contributed by atoms with Crippen LogP contribution < -0.4 is 4.74 Å². The summed E-state index contributed by atoms with van der Waals surface area (Å²) >= 11 is 3.14. The Hall–Kier alpha value is -1.40. The molecule has 2 aromatic carbocycles. The standard InChI is InChI=1S/C14H12BrFO3S/c1-19-13-2-4-14(5-3-13)20(17,18)9-10-6-11(15)8-12(16)7-10/h2-8H,9H2,1H3. The lowest BCUT2D eigenvalue weighted by atomic mass is 10.2. The zero-order chi connectivity index (χ0) is 14.8. The molecule has 0 bridgehead atoms. The highest BCUT2D eigenvalue weighted by Crippen LogP contribution is 2.22. The van der Waals surface area contributed by atoms with E-state index >= 15 is 0 Å². The Morgan fingerprint density at radius 3 is 2.35 bits per heavy atom. The first kappa shape index (κ1) is 15.0. The topological polar surface area (TPSA) is 43.4 Å². The molecule has 0 N–H and O–H groups in total. The number of hydrogen-bond donors (Lipinski definition) is 0. The second-order valence-electron chi connectivity index (χ2n) is 4.21. The first-order chi connectivity index (χ1) is 9.40. The van der Waals surface area contributed by atoms with Gasteiger partial charge < -0.3 is 4.74 Å². The minimum absolute atomic E-state index is 0.179. The highest BCUT2D eigenvalue weighted by Gasteiger charge is 2.16. The van der Waals surface area contributed by atoms with Gasteiger partial charge in [0.15, 0.2) is 9.84 Å². The zero-order valence-electron chi connectivity index (χ0n) is 10.6. The van der Waals surface area contributed by atoms with E-state index in [0.717, 1.165) is 0 Å². The predicted octanol–water partition coefficient (Wildman–Crippen LogP) is 3.57. The summed E-state index contributed by atoms with van der Waals surface area (Å²) in [5.74, 6) is -0.146. The highest BCUT2D eigenvalue weighted by atomic mass is 79.9. The number of methoxy groups -OCH3 is 1. The summed E-state index contributed by atoms with van der Waals surface area (Å²) in [6.45, 7) is 0. The van der Waals surface area contributed by atoms with Crippen LogP contribution in [0.5, 0.6) is 5.75 Å². The van der Waals surface area contributed by atoms with Gasteiger partial charge in [0.25, 0.3) is 0 Å². The summed E-state index contributed by atoms with van der Waals surface area (Å²) in [4.78, 5) is 0.179. The molecule has 0 heterocycles. The molecule has 0 aliphatic heterocycles. The van der Waals surface area contributed by atoms with Crippen LogP contribution in [0.25, 0.3) is 0 Å². The fraction of sp³-hybridized carbons (Fsp3) is 0.143. The molecule has 3 nitrogen and oxygen atoms in total. The summed E-state index contributed by atoms with van der Waals surface area (Å²) in [5, 5.41) is 0. The molecule has 6 heteroatoms. The molecule has 106 valence electrons. The van der Waals surface area contributed by atoms with E-state index in [2.05, 4.69) is 15.9 Å². The third kappa shape index (κ3) is 3.58. The van der Waals surface area contributed by atoms with Crippen LogP contribution in [0, 0.1) is 5.82 Å². The van der Waals surface area contributed by atoms with Crippen molar-refractivity contribution in [2.75, 3.05) is 7.11 Å². The minimum Gasteiger partial charge on any atom is -0.497 e. The first-order valence-electron chi connectivity index (χ1n) is 5.72. The first-order valence-corrected chi connectivity index (χ1v) is 8.17. The van der Waals surface area contributed by atoms with Gasteiger partial charge in [-0.3, -0.25) is 0 Å². The van der Waals surface area contributed by atoms with Gasteiger partial charge in [-0.1, -0.05) is 15.9 Å². The summed E-state index contributed by atoms with van der Waals surface area (Å²) < 4.78 is 43.2. The highest BCUT2D eigenvalue weighted by molar-refractivity contribution is 9.10. The molecule has 0 saturated carbocycles. The molecule has 0 aliphatic carbocycles.